The predicted molar refractivity (Wildman–Crippen MR) is 136 cm³/mol. The van der Waals surface area contributed by atoms with Crippen LogP contribution in [0.2, 0.25) is 0 Å². The first-order valence-electron chi connectivity index (χ1n) is 11.5. The SMILES string of the molecule is CC(c1ccccc1)c1ccnc(-c2ccc3c(c2)oc2cccc(-c4c(F)cccc4F)c23)c1. The van der Waals surface area contributed by atoms with Gasteiger partial charge in [0.2, 0.25) is 0 Å². The molecule has 0 fully saturated rings. The van der Waals surface area contributed by atoms with Gasteiger partial charge in [0.25, 0.3) is 0 Å². The second-order valence-corrected chi connectivity index (χ2v) is 8.70. The summed E-state index contributed by atoms with van der Waals surface area (Å²) >= 11 is 0. The summed E-state index contributed by atoms with van der Waals surface area (Å²) in [6, 6.07) is 29.6. The van der Waals surface area contributed by atoms with Crippen LogP contribution in [0.5, 0.6) is 0 Å². The van der Waals surface area contributed by atoms with Crippen molar-refractivity contribution >= 4 is 21.9 Å². The summed E-state index contributed by atoms with van der Waals surface area (Å²) in [6.45, 7) is 2.18. The molecule has 0 N–H and O–H groups in total. The van der Waals surface area contributed by atoms with Crippen molar-refractivity contribution in [1.82, 2.24) is 4.98 Å². The van der Waals surface area contributed by atoms with E-state index in [0.29, 0.717) is 22.1 Å². The lowest BCUT2D eigenvalue weighted by Crippen LogP contribution is -1.97. The monoisotopic (exact) mass is 461 g/mol. The number of hydrogen-bond donors (Lipinski definition) is 0. The summed E-state index contributed by atoms with van der Waals surface area (Å²) in [7, 11) is 0. The van der Waals surface area contributed by atoms with E-state index in [1.54, 1.807) is 12.1 Å². The van der Waals surface area contributed by atoms with Crippen LogP contribution in [-0.4, -0.2) is 4.98 Å². The Kier molecular flexibility index (Phi) is 5.14. The third-order valence-corrected chi connectivity index (χ3v) is 6.61. The van der Waals surface area contributed by atoms with Crippen molar-refractivity contribution in [3.05, 3.63) is 126 Å². The van der Waals surface area contributed by atoms with Gasteiger partial charge in [-0.3, -0.25) is 4.98 Å². The van der Waals surface area contributed by atoms with Gasteiger partial charge in [0.1, 0.15) is 22.8 Å². The van der Waals surface area contributed by atoms with Crippen molar-refractivity contribution in [2.24, 2.45) is 0 Å². The zero-order chi connectivity index (χ0) is 23.9. The first kappa shape index (κ1) is 21.2. The molecule has 35 heavy (non-hydrogen) atoms. The van der Waals surface area contributed by atoms with Crippen LogP contribution in [0.4, 0.5) is 8.78 Å². The number of fused-ring (bicyclic) bond motifs is 3. The van der Waals surface area contributed by atoms with Gasteiger partial charge < -0.3 is 4.42 Å². The molecule has 2 aromatic heterocycles. The maximum Gasteiger partial charge on any atom is 0.136 e. The molecule has 0 aliphatic heterocycles. The molecule has 0 saturated heterocycles. The van der Waals surface area contributed by atoms with Gasteiger partial charge in [0.05, 0.1) is 11.3 Å². The minimum atomic E-state index is -0.600. The first-order valence-corrected chi connectivity index (χ1v) is 11.5. The molecule has 170 valence electrons. The number of furan rings is 1. The average molecular weight is 462 g/mol. The lowest BCUT2D eigenvalue weighted by molar-refractivity contribution is 0.590. The Bertz CT molecular complexity index is 1670. The molecule has 0 bridgehead atoms. The topological polar surface area (TPSA) is 26.0 Å². The van der Waals surface area contributed by atoms with Crippen LogP contribution in [0, 0.1) is 11.6 Å². The Balaban J connectivity index is 1.46. The lowest BCUT2D eigenvalue weighted by atomic mass is 9.92. The average Bonchev–Trinajstić information content (AvgIpc) is 3.27. The molecule has 0 aliphatic carbocycles. The normalized spacial score (nSPS) is 12.3. The number of rotatable bonds is 4. The van der Waals surface area contributed by atoms with Crippen LogP contribution in [0.25, 0.3) is 44.3 Å². The predicted octanol–water partition coefficient (Wildman–Crippen LogP) is 8.75. The molecule has 0 radical (unpaired) electrons. The van der Waals surface area contributed by atoms with Gasteiger partial charge in [-0.05, 0) is 59.2 Å². The Hall–Kier alpha value is -4.31. The minimum absolute atomic E-state index is 0.0471. The Morgan fingerprint density at radius 3 is 2.29 bits per heavy atom. The molecule has 6 rings (SSSR count). The van der Waals surface area contributed by atoms with Crippen molar-refractivity contribution in [2.75, 3.05) is 0 Å². The van der Waals surface area contributed by atoms with E-state index in [1.807, 2.05) is 54.7 Å². The molecule has 6 aromatic rings. The maximum absolute atomic E-state index is 14.6. The standard InChI is InChI=1S/C31H21F2NO/c1-19(20-7-3-2-4-8-20)21-15-16-34-27(17-21)22-13-14-23-29(18-22)35-28-12-5-9-24(30(23)28)31-25(32)10-6-11-26(31)33/h2-19H,1H3. The van der Waals surface area contributed by atoms with Crippen molar-refractivity contribution in [2.45, 2.75) is 12.8 Å². The molecule has 1 atom stereocenters. The highest BCUT2D eigenvalue weighted by molar-refractivity contribution is 6.13. The summed E-state index contributed by atoms with van der Waals surface area (Å²) in [5.74, 6) is -0.972. The van der Waals surface area contributed by atoms with Gasteiger partial charge in [0, 0.05) is 28.5 Å². The van der Waals surface area contributed by atoms with E-state index in [-0.39, 0.29) is 11.5 Å². The Labute approximate surface area is 201 Å². The van der Waals surface area contributed by atoms with E-state index in [0.717, 1.165) is 16.6 Å². The first-order chi connectivity index (χ1) is 17.1. The number of hydrogen-bond acceptors (Lipinski definition) is 2. The highest BCUT2D eigenvalue weighted by Crippen LogP contribution is 2.39. The molecule has 0 saturated carbocycles. The van der Waals surface area contributed by atoms with Gasteiger partial charge in [-0.25, -0.2) is 8.78 Å². The van der Waals surface area contributed by atoms with Crippen molar-refractivity contribution < 1.29 is 13.2 Å². The summed E-state index contributed by atoms with van der Waals surface area (Å²) < 4.78 is 35.3. The van der Waals surface area contributed by atoms with Crippen LogP contribution in [-0.2, 0) is 0 Å². The molecule has 0 spiro atoms. The number of aromatic nitrogens is 1. The second-order valence-electron chi connectivity index (χ2n) is 8.70. The van der Waals surface area contributed by atoms with Gasteiger partial charge >= 0.3 is 0 Å². The molecule has 4 heteroatoms. The Morgan fingerprint density at radius 1 is 0.714 bits per heavy atom. The number of pyridine rings is 1. The van der Waals surface area contributed by atoms with Crippen molar-refractivity contribution in [1.29, 1.82) is 0 Å². The number of benzene rings is 4. The van der Waals surface area contributed by atoms with Crippen LogP contribution in [0.15, 0.2) is 108 Å². The van der Waals surface area contributed by atoms with Gasteiger partial charge in [-0.1, -0.05) is 61.5 Å². The molecule has 0 aliphatic rings. The van der Waals surface area contributed by atoms with E-state index < -0.39 is 11.6 Å². The second kappa shape index (κ2) is 8.48. The summed E-state index contributed by atoms with van der Waals surface area (Å²) in [4.78, 5) is 4.59. The maximum atomic E-state index is 14.6. The zero-order valence-corrected chi connectivity index (χ0v) is 19.0. The molecular weight excluding hydrogens is 440 g/mol. The summed E-state index contributed by atoms with van der Waals surface area (Å²) in [5, 5.41) is 1.49. The molecule has 0 amide bonds. The van der Waals surface area contributed by atoms with Crippen molar-refractivity contribution in [3.63, 3.8) is 0 Å². The van der Waals surface area contributed by atoms with E-state index >= 15 is 0 Å². The van der Waals surface area contributed by atoms with Crippen LogP contribution in [0.3, 0.4) is 0 Å². The van der Waals surface area contributed by atoms with Crippen LogP contribution >= 0.6 is 0 Å². The fourth-order valence-corrected chi connectivity index (χ4v) is 4.76. The summed E-state index contributed by atoms with van der Waals surface area (Å²) in [6.07, 6.45) is 1.83. The largest absolute Gasteiger partial charge is 0.456 e. The highest BCUT2D eigenvalue weighted by atomic mass is 19.1. The lowest BCUT2D eigenvalue weighted by Gasteiger charge is -2.13. The number of halogens is 2. The molecular formula is C31H21F2NO. The van der Waals surface area contributed by atoms with Gasteiger partial charge in [-0.2, -0.15) is 0 Å². The number of nitrogens with zero attached hydrogens (tertiary/aromatic N) is 1. The van der Waals surface area contributed by atoms with Crippen LogP contribution < -0.4 is 0 Å². The molecule has 2 nitrogen and oxygen atoms in total. The zero-order valence-electron chi connectivity index (χ0n) is 19.0. The van der Waals surface area contributed by atoms with E-state index in [4.69, 9.17) is 4.42 Å². The smallest absolute Gasteiger partial charge is 0.136 e. The van der Waals surface area contributed by atoms with E-state index in [9.17, 15) is 8.78 Å². The highest BCUT2D eigenvalue weighted by Gasteiger charge is 2.18. The fourth-order valence-electron chi connectivity index (χ4n) is 4.76. The van der Waals surface area contributed by atoms with Gasteiger partial charge in [-0.15, -0.1) is 0 Å². The molecule has 4 aromatic carbocycles. The molecule has 1 unspecified atom stereocenters. The third-order valence-electron chi connectivity index (χ3n) is 6.61. The van der Waals surface area contributed by atoms with Gasteiger partial charge in [0.15, 0.2) is 0 Å². The van der Waals surface area contributed by atoms with E-state index in [1.165, 1.54) is 29.3 Å². The Morgan fingerprint density at radius 2 is 1.49 bits per heavy atom. The van der Waals surface area contributed by atoms with E-state index in [2.05, 4.69) is 30.1 Å². The fraction of sp³-hybridized carbons (Fsp3) is 0.0645. The third kappa shape index (κ3) is 3.68. The van der Waals surface area contributed by atoms with Crippen LogP contribution in [0.1, 0.15) is 24.0 Å². The van der Waals surface area contributed by atoms with Crippen molar-refractivity contribution in [3.8, 4) is 22.4 Å². The quantitative estimate of drug-likeness (QED) is 0.262. The summed E-state index contributed by atoms with van der Waals surface area (Å²) in [5.41, 5.74) is 5.82. The molecule has 2 heterocycles. The minimum Gasteiger partial charge on any atom is -0.456 e.